The predicted octanol–water partition coefficient (Wildman–Crippen LogP) is 2.97. The first kappa shape index (κ1) is 11.1. The smallest absolute Gasteiger partial charge is 0.260 e. The van der Waals surface area contributed by atoms with Gasteiger partial charge in [-0.25, -0.2) is 0 Å². The van der Waals surface area contributed by atoms with Gasteiger partial charge in [-0.3, -0.25) is 0 Å². The van der Waals surface area contributed by atoms with Gasteiger partial charge in [0.05, 0.1) is 10.6 Å². The Morgan fingerprint density at radius 3 is 2.94 bits per heavy atom. The van der Waals surface area contributed by atoms with Crippen molar-refractivity contribution in [2.45, 2.75) is 26.7 Å². The van der Waals surface area contributed by atoms with E-state index in [9.17, 15) is 0 Å². The van der Waals surface area contributed by atoms with E-state index >= 15 is 0 Å². The molecule has 2 N–H and O–H groups in total. The van der Waals surface area contributed by atoms with E-state index in [1.807, 2.05) is 11.4 Å². The molecule has 0 aliphatic rings. The molecule has 2 heterocycles. The summed E-state index contributed by atoms with van der Waals surface area (Å²) in [6.45, 7) is 4.36. The van der Waals surface area contributed by atoms with Crippen LogP contribution in [-0.2, 0) is 6.42 Å². The average molecular weight is 237 g/mol. The van der Waals surface area contributed by atoms with Crippen molar-refractivity contribution in [2.75, 3.05) is 5.73 Å². The van der Waals surface area contributed by atoms with E-state index in [-0.39, 0.29) is 0 Å². The summed E-state index contributed by atoms with van der Waals surface area (Å²) >= 11 is 1.48. The van der Waals surface area contributed by atoms with Crippen LogP contribution in [0.2, 0.25) is 0 Å². The van der Waals surface area contributed by atoms with E-state index in [1.165, 1.54) is 11.3 Å². The van der Waals surface area contributed by atoms with Crippen LogP contribution in [0.1, 0.15) is 26.1 Å². The predicted molar refractivity (Wildman–Crippen MR) is 65.2 cm³/mol. The Morgan fingerprint density at radius 1 is 1.50 bits per heavy atom. The molecule has 0 aromatic carbocycles. The van der Waals surface area contributed by atoms with Crippen LogP contribution in [0.15, 0.2) is 16.0 Å². The molecule has 0 spiro atoms. The standard InChI is InChI=1S/C11H15N3OS/c1-7(2)3-4-9-13-11(15-14-9)8-5-6-16-10(8)12/h5-7H,3-4,12H2,1-2H3. The molecule has 0 saturated heterocycles. The van der Waals surface area contributed by atoms with Gasteiger partial charge in [0.2, 0.25) is 0 Å². The van der Waals surface area contributed by atoms with Gasteiger partial charge in [0.25, 0.3) is 5.89 Å². The molecular weight excluding hydrogens is 222 g/mol. The lowest BCUT2D eigenvalue weighted by Crippen LogP contribution is -1.94. The molecule has 0 atom stereocenters. The van der Waals surface area contributed by atoms with E-state index in [1.54, 1.807) is 0 Å². The summed E-state index contributed by atoms with van der Waals surface area (Å²) in [6, 6.07) is 1.90. The molecule has 86 valence electrons. The van der Waals surface area contributed by atoms with Crippen LogP contribution < -0.4 is 5.73 Å². The highest BCUT2D eigenvalue weighted by atomic mass is 32.1. The number of nitrogens with zero attached hydrogens (tertiary/aromatic N) is 2. The van der Waals surface area contributed by atoms with Gasteiger partial charge in [-0.1, -0.05) is 19.0 Å². The van der Waals surface area contributed by atoms with Crippen molar-refractivity contribution in [3.05, 3.63) is 17.3 Å². The number of hydrogen-bond donors (Lipinski definition) is 1. The van der Waals surface area contributed by atoms with Crippen molar-refractivity contribution in [3.63, 3.8) is 0 Å². The van der Waals surface area contributed by atoms with E-state index in [2.05, 4.69) is 24.0 Å². The molecule has 0 amide bonds. The second kappa shape index (κ2) is 4.65. The normalized spacial score (nSPS) is 11.2. The molecule has 2 aromatic rings. The molecular formula is C11H15N3OS. The highest BCUT2D eigenvalue weighted by molar-refractivity contribution is 7.14. The average Bonchev–Trinajstić information content (AvgIpc) is 2.83. The number of nitrogen functional groups attached to an aromatic ring is 1. The van der Waals surface area contributed by atoms with Crippen LogP contribution in [-0.4, -0.2) is 10.1 Å². The molecule has 16 heavy (non-hydrogen) atoms. The van der Waals surface area contributed by atoms with Crippen LogP contribution in [0.4, 0.5) is 5.00 Å². The Labute approximate surface area is 98.5 Å². The summed E-state index contributed by atoms with van der Waals surface area (Å²) in [5, 5.41) is 6.59. The zero-order valence-corrected chi connectivity index (χ0v) is 10.3. The highest BCUT2D eigenvalue weighted by Crippen LogP contribution is 2.29. The molecule has 4 nitrogen and oxygen atoms in total. The molecule has 0 saturated carbocycles. The largest absolute Gasteiger partial charge is 0.390 e. The van der Waals surface area contributed by atoms with E-state index in [0.29, 0.717) is 11.8 Å². The molecule has 0 fully saturated rings. The van der Waals surface area contributed by atoms with Gasteiger partial charge in [-0.05, 0) is 23.8 Å². The van der Waals surface area contributed by atoms with E-state index < -0.39 is 0 Å². The third kappa shape index (κ3) is 2.41. The SMILES string of the molecule is CC(C)CCc1noc(-c2ccsc2N)n1. The molecule has 0 aliphatic carbocycles. The third-order valence-corrected chi connectivity index (χ3v) is 3.08. The van der Waals surface area contributed by atoms with Crippen LogP contribution in [0, 0.1) is 5.92 Å². The number of hydrogen-bond acceptors (Lipinski definition) is 5. The summed E-state index contributed by atoms with van der Waals surface area (Å²) in [5.74, 6) is 1.93. The lowest BCUT2D eigenvalue weighted by Gasteiger charge is -1.98. The summed E-state index contributed by atoms with van der Waals surface area (Å²) in [5.41, 5.74) is 6.64. The lowest BCUT2D eigenvalue weighted by atomic mass is 10.1. The third-order valence-electron chi connectivity index (χ3n) is 2.34. The number of anilines is 1. The summed E-state index contributed by atoms with van der Waals surface area (Å²) in [7, 11) is 0. The van der Waals surface area contributed by atoms with Crippen LogP contribution in [0.5, 0.6) is 0 Å². The minimum atomic E-state index is 0.525. The minimum Gasteiger partial charge on any atom is -0.390 e. The van der Waals surface area contributed by atoms with Gasteiger partial charge >= 0.3 is 0 Å². The second-order valence-corrected chi connectivity index (χ2v) is 5.09. The van der Waals surface area contributed by atoms with Crippen molar-refractivity contribution in [1.29, 1.82) is 0 Å². The van der Waals surface area contributed by atoms with Gasteiger partial charge < -0.3 is 10.3 Å². The van der Waals surface area contributed by atoms with Crippen molar-refractivity contribution >= 4 is 16.3 Å². The van der Waals surface area contributed by atoms with Crippen LogP contribution in [0.3, 0.4) is 0 Å². The molecule has 0 aliphatic heterocycles. The van der Waals surface area contributed by atoms with Crippen LogP contribution >= 0.6 is 11.3 Å². The maximum atomic E-state index is 5.79. The minimum absolute atomic E-state index is 0.525. The number of rotatable bonds is 4. The van der Waals surface area contributed by atoms with Gasteiger partial charge in [-0.15, -0.1) is 11.3 Å². The molecule has 0 bridgehead atoms. The van der Waals surface area contributed by atoms with Gasteiger partial charge in [0, 0.05) is 6.42 Å². The summed E-state index contributed by atoms with van der Waals surface area (Å²) in [4.78, 5) is 4.33. The Balaban J connectivity index is 2.11. The van der Waals surface area contributed by atoms with Gasteiger partial charge in [0.1, 0.15) is 0 Å². The number of nitrogens with two attached hydrogens (primary N) is 1. The Kier molecular flexibility index (Phi) is 3.24. The van der Waals surface area contributed by atoms with Crippen LogP contribution in [0.25, 0.3) is 11.5 Å². The lowest BCUT2D eigenvalue weighted by molar-refractivity contribution is 0.419. The van der Waals surface area contributed by atoms with Gasteiger partial charge in [0.15, 0.2) is 5.82 Å². The second-order valence-electron chi connectivity index (χ2n) is 4.15. The maximum Gasteiger partial charge on any atom is 0.260 e. The van der Waals surface area contributed by atoms with Crippen molar-refractivity contribution in [1.82, 2.24) is 10.1 Å². The van der Waals surface area contributed by atoms with E-state index in [0.717, 1.165) is 29.2 Å². The zero-order valence-electron chi connectivity index (χ0n) is 9.43. The zero-order chi connectivity index (χ0) is 11.5. The Hall–Kier alpha value is -1.36. The fourth-order valence-electron chi connectivity index (χ4n) is 1.38. The fraction of sp³-hybridized carbons (Fsp3) is 0.455. The molecule has 5 heteroatoms. The quantitative estimate of drug-likeness (QED) is 0.887. The summed E-state index contributed by atoms with van der Waals surface area (Å²) < 4.78 is 5.19. The molecule has 0 radical (unpaired) electrons. The molecule has 2 aromatic heterocycles. The Bertz CT molecular complexity index is 461. The monoisotopic (exact) mass is 237 g/mol. The van der Waals surface area contributed by atoms with Crippen molar-refractivity contribution in [3.8, 4) is 11.5 Å². The molecule has 0 unspecified atom stereocenters. The fourth-order valence-corrected chi connectivity index (χ4v) is 2.01. The van der Waals surface area contributed by atoms with E-state index in [4.69, 9.17) is 10.3 Å². The summed E-state index contributed by atoms with van der Waals surface area (Å²) in [6.07, 6.45) is 1.92. The van der Waals surface area contributed by atoms with Gasteiger partial charge in [-0.2, -0.15) is 4.98 Å². The Morgan fingerprint density at radius 2 is 2.31 bits per heavy atom. The first-order valence-corrected chi connectivity index (χ1v) is 6.20. The van der Waals surface area contributed by atoms with Crippen molar-refractivity contribution < 1.29 is 4.52 Å². The topological polar surface area (TPSA) is 64.9 Å². The first-order chi connectivity index (χ1) is 7.66. The highest BCUT2D eigenvalue weighted by Gasteiger charge is 2.12. The number of thiophene rings is 1. The maximum absolute atomic E-state index is 5.79. The van der Waals surface area contributed by atoms with Crippen molar-refractivity contribution in [2.24, 2.45) is 5.92 Å². The first-order valence-electron chi connectivity index (χ1n) is 5.32. The number of aryl methyl sites for hydroxylation is 1. The molecule has 2 rings (SSSR count). The number of aromatic nitrogens is 2.